The van der Waals surface area contributed by atoms with Gasteiger partial charge in [-0.25, -0.2) is 0 Å². The van der Waals surface area contributed by atoms with Gasteiger partial charge < -0.3 is 15.0 Å². The van der Waals surface area contributed by atoms with Crippen LogP contribution in [-0.2, 0) is 16.0 Å². The van der Waals surface area contributed by atoms with Crippen LogP contribution >= 0.6 is 11.6 Å². The lowest BCUT2D eigenvalue weighted by Crippen LogP contribution is -2.50. The van der Waals surface area contributed by atoms with Gasteiger partial charge in [-0.3, -0.25) is 19.3 Å². The lowest BCUT2D eigenvalue weighted by Gasteiger charge is -2.34. The van der Waals surface area contributed by atoms with E-state index in [0.717, 1.165) is 0 Å². The van der Waals surface area contributed by atoms with Gasteiger partial charge in [0.1, 0.15) is 5.75 Å². The summed E-state index contributed by atoms with van der Waals surface area (Å²) in [5.41, 5.74) is 1.95. The van der Waals surface area contributed by atoms with Crippen LogP contribution < -0.4 is 10.1 Å². The minimum absolute atomic E-state index is 0.0238. The number of ketones is 1. The third-order valence-electron chi connectivity index (χ3n) is 5.25. The van der Waals surface area contributed by atoms with Gasteiger partial charge in [0.25, 0.3) is 0 Å². The minimum Gasteiger partial charge on any atom is -0.496 e. The first-order valence-electron chi connectivity index (χ1n) is 10.1. The Morgan fingerprint density at radius 3 is 2.32 bits per heavy atom. The fourth-order valence-electron chi connectivity index (χ4n) is 3.50. The average molecular weight is 444 g/mol. The lowest BCUT2D eigenvalue weighted by molar-refractivity contribution is -0.132. The van der Waals surface area contributed by atoms with Crippen LogP contribution in [0.1, 0.15) is 22.8 Å². The molecule has 0 spiro atoms. The molecule has 2 aromatic rings. The van der Waals surface area contributed by atoms with Gasteiger partial charge in [0, 0.05) is 48.0 Å². The molecule has 0 atom stereocenters. The molecule has 31 heavy (non-hydrogen) atoms. The van der Waals surface area contributed by atoms with Gasteiger partial charge in [0.2, 0.25) is 11.8 Å². The zero-order valence-corrected chi connectivity index (χ0v) is 18.4. The predicted octanol–water partition coefficient (Wildman–Crippen LogP) is 2.88. The van der Waals surface area contributed by atoms with E-state index in [9.17, 15) is 14.4 Å². The molecule has 1 heterocycles. The average Bonchev–Trinajstić information content (AvgIpc) is 2.75. The lowest BCUT2D eigenvalue weighted by atomic mass is 10.0. The Morgan fingerprint density at radius 1 is 1.03 bits per heavy atom. The Balaban J connectivity index is 1.50. The molecule has 2 aromatic carbocycles. The number of anilines is 1. The van der Waals surface area contributed by atoms with Crippen molar-refractivity contribution in [3.05, 3.63) is 58.6 Å². The van der Waals surface area contributed by atoms with Gasteiger partial charge in [-0.2, -0.15) is 0 Å². The molecule has 1 saturated heterocycles. The number of Topliss-reactive ketones (excluding diaryl/α,β-unsaturated/α-hetero) is 1. The van der Waals surface area contributed by atoms with Crippen LogP contribution in [0.4, 0.5) is 5.69 Å². The number of carbonyl (C=O) groups is 3. The fraction of sp³-hybridized carbons (Fsp3) is 0.348. The zero-order valence-electron chi connectivity index (χ0n) is 17.7. The highest BCUT2D eigenvalue weighted by molar-refractivity contribution is 6.30. The van der Waals surface area contributed by atoms with E-state index in [0.29, 0.717) is 53.8 Å². The number of ether oxygens (including phenoxy) is 1. The van der Waals surface area contributed by atoms with Gasteiger partial charge in [-0.1, -0.05) is 11.6 Å². The van der Waals surface area contributed by atoms with Gasteiger partial charge >= 0.3 is 0 Å². The maximum absolute atomic E-state index is 12.8. The number of carbonyl (C=O) groups excluding carboxylic acids is 3. The summed E-state index contributed by atoms with van der Waals surface area (Å²) in [5.74, 6) is 0.412. The molecule has 0 bridgehead atoms. The van der Waals surface area contributed by atoms with E-state index in [1.807, 2.05) is 4.90 Å². The summed E-state index contributed by atoms with van der Waals surface area (Å²) in [7, 11) is 1.55. The zero-order chi connectivity index (χ0) is 22.4. The second-order valence-corrected chi connectivity index (χ2v) is 7.91. The number of nitrogens with one attached hydrogen (secondary N) is 1. The molecule has 1 N–H and O–H groups in total. The molecular formula is C23H26ClN3O4. The number of piperazine rings is 1. The molecule has 0 aromatic heterocycles. The van der Waals surface area contributed by atoms with Crippen LogP contribution in [0.3, 0.4) is 0 Å². The van der Waals surface area contributed by atoms with Gasteiger partial charge in [0.05, 0.1) is 20.1 Å². The number of methoxy groups -OCH3 is 1. The second-order valence-electron chi connectivity index (χ2n) is 7.47. The molecule has 2 amide bonds. The minimum atomic E-state index is -0.104. The van der Waals surface area contributed by atoms with Crippen molar-refractivity contribution in [2.75, 3.05) is 45.2 Å². The summed E-state index contributed by atoms with van der Waals surface area (Å²) in [4.78, 5) is 40.5. The van der Waals surface area contributed by atoms with Crippen molar-refractivity contribution < 1.29 is 19.1 Å². The molecule has 1 aliphatic rings. The topological polar surface area (TPSA) is 79.0 Å². The van der Waals surface area contributed by atoms with Crippen LogP contribution in [0.15, 0.2) is 42.5 Å². The highest BCUT2D eigenvalue weighted by Crippen LogP contribution is 2.22. The van der Waals surface area contributed by atoms with Crippen LogP contribution in [0.2, 0.25) is 5.02 Å². The first-order valence-corrected chi connectivity index (χ1v) is 10.5. The van der Waals surface area contributed by atoms with Crippen molar-refractivity contribution in [2.24, 2.45) is 0 Å². The Kier molecular flexibility index (Phi) is 7.65. The Labute approximate surface area is 186 Å². The summed E-state index contributed by atoms with van der Waals surface area (Å²) in [5, 5.41) is 3.46. The summed E-state index contributed by atoms with van der Waals surface area (Å²) in [6, 6.07) is 12.1. The van der Waals surface area contributed by atoms with E-state index in [-0.39, 0.29) is 30.6 Å². The second kappa shape index (κ2) is 10.4. The Hall–Kier alpha value is -2.90. The molecule has 8 heteroatoms. The Morgan fingerprint density at radius 2 is 1.71 bits per heavy atom. The van der Waals surface area contributed by atoms with Crippen molar-refractivity contribution in [2.45, 2.75) is 13.3 Å². The maximum atomic E-state index is 12.8. The van der Waals surface area contributed by atoms with E-state index < -0.39 is 0 Å². The van der Waals surface area contributed by atoms with E-state index in [2.05, 4.69) is 5.32 Å². The van der Waals surface area contributed by atoms with Crippen LogP contribution in [0.5, 0.6) is 5.75 Å². The third kappa shape index (κ3) is 6.29. The standard InChI is InChI=1S/C23H26ClN3O4/c1-16(28)17-3-8-21(31-2)18(13-17)14-23(30)27-11-9-26(10-12-27)15-22(29)25-20-6-4-19(24)5-7-20/h3-8,13H,9-12,14-15H2,1-2H3,(H,25,29). The van der Waals surface area contributed by atoms with Crippen molar-refractivity contribution in [3.63, 3.8) is 0 Å². The summed E-state index contributed by atoms with van der Waals surface area (Å²) in [6.07, 6.45) is 0.168. The van der Waals surface area contributed by atoms with Crippen LogP contribution in [0.25, 0.3) is 0 Å². The van der Waals surface area contributed by atoms with Gasteiger partial charge in [-0.05, 0) is 49.4 Å². The molecule has 7 nitrogen and oxygen atoms in total. The number of halogens is 1. The molecule has 0 aliphatic carbocycles. The Bertz CT molecular complexity index is 954. The molecule has 1 fully saturated rings. The number of amides is 2. The SMILES string of the molecule is COc1ccc(C(C)=O)cc1CC(=O)N1CCN(CC(=O)Nc2ccc(Cl)cc2)CC1. The maximum Gasteiger partial charge on any atom is 0.238 e. The molecule has 0 radical (unpaired) electrons. The van der Waals surface area contributed by atoms with Crippen molar-refractivity contribution >= 4 is 34.9 Å². The number of nitrogens with zero attached hydrogens (tertiary/aromatic N) is 2. The predicted molar refractivity (Wildman–Crippen MR) is 120 cm³/mol. The number of hydrogen-bond acceptors (Lipinski definition) is 5. The highest BCUT2D eigenvalue weighted by atomic mass is 35.5. The van der Waals surface area contributed by atoms with Crippen molar-refractivity contribution in [1.29, 1.82) is 0 Å². The smallest absolute Gasteiger partial charge is 0.238 e. The summed E-state index contributed by atoms with van der Waals surface area (Å²) < 4.78 is 5.34. The first kappa shape index (κ1) is 22.8. The molecule has 3 rings (SSSR count). The fourth-order valence-corrected chi connectivity index (χ4v) is 3.63. The summed E-state index contributed by atoms with van der Waals surface area (Å²) >= 11 is 5.86. The highest BCUT2D eigenvalue weighted by Gasteiger charge is 2.23. The van der Waals surface area contributed by atoms with Crippen LogP contribution in [-0.4, -0.2) is 67.2 Å². The van der Waals surface area contributed by atoms with Crippen molar-refractivity contribution in [3.8, 4) is 5.75 Å². The quantitative estimate of drug-likeness (QED) is 0.666. The largest absolute Gasteiger partial charge is 0.496 e. The molecule has 1 aliphatic heterocycles. The van der Waals surface area contributed by atoms with E-state index >= 15 is 0 Å². The molecule has 0 unspecified atom stereocenters. The van der Waals surface area contributed by atoms with E-state index in [4.69, 9.17) is 16.3 Å². The third-order valence-corrected chi connectivity index (χ3v) is 5.50. The monoisotopic (exact) mass is 443 g/mol. The first-order chi connectivity index (χ1) is 14.9. The number of benzene rings is 2. The molecule has 164 valence electrons. The summed E-state index contributed by atoms with van der Waals surface area (Å²) in [6.45, 7) is 4.08. The molecular weight excluding hydrogens is 418 g/mol. The van der Waals surface area contributed by atoms with Gasteiger partial charge in [0.15, 0.2) is 5.78 Å². The van der Waals surface area contributed by atoms with E-state index in [1.54, 1.807) is 54.5 Å². The number of hydrogen-bond donors (Lipinski definition) is 1. The van der Waals surface area contributed by atoms with Crippen LogP contribution in [0, 0.1) is 0 Å². The normalized spacial score (nSPS) is 14.2. The number of rotatable bonds is 7. The van der Waals surface area contributed by atoms with E-state index in [1.165, 1.54) is 6.92 Å². The molecule has 0 saturated carbocycles. The van der Waals surface area contributed by atoms with Gasteiger partial charge in [-0.15, -0.1) is 0 Å². The van der Waals surface area contributed by atoms with Crippen molar-refractivity contribution in [1.82, 2.24) is 9.80 Å².